The summed E-state index contributed by atoms with van der Waals surface area (Å²) in [6, 6.07) is 9.37. The average molecular weight is 293 g/mol. The first kappa shape index (κ1) is 11.8. The molecular formula is C14H7N5OS. The van der Waals surface area contributed by atoms with Gasteiger partial charge in [-0.2, -0.15) is 10.2 Å². The third-order valence-electron chi connectivity index (χ3n) is 3.02. The van der Waals surface area contributed by atoms with Gasteiger partial charge < -0.3 is 9.51 Å². The summed E-state index contributed by atoms with van der Waals surface area (Å²) in [5, 5.41) is 14.8. The molecule has 0 unspecified atom stereocenters. The maximum Gasteiger partial charge on any atom is 0.274 e. The van der Waals surface area contributed by atoms with E-state index in [1.54, 1.807) is 29.7 Å². The maximum absolute atomic E-state index is 8.81. The van der Waals surface area contributed by atoms with E-state index in [2.05, 4.69) is 20.1 Å². The van der Waals surface area contributed by atoms with Gasteiger partial charge in [0.2, 0.25) is 5.82 Å². The molecule has 0 saturated heterocycles. The first-order chi connectivity index (χ1) is 10.3. The molecular weight excluding hydrogens is 286 g/mol. The van der Waals surface area contributed by atoms with Crippen LogP contribution in [0.15, 0.2) is 40.4 Å². The predicted molar refractivity (Wildman–Crippen MR) is 77.4 cm³/mol. The van der Waals surface area contributed by atoms with Crippen LogP contribution in [0.1, 0.15) is 5.69 Å². The molecule has 7 heteroatoms. The average Bonchev–Trinajstić information content (AvgIpc) is 3.24. The Kier molecular flexibility index (Phi) is 2.55. The molecule has 0 atom stereocenters. The van der Waals surface area contributed by atoms with Crippen molar-refractivity contribution in [2.24, 2.45) is 0 Å². The van der Waals surface area contributed by atoms with E-state index in [1.807, 2.05) is 23.6 Å². The SMILES string of the molecule is N#Cc1ccc(-c2nc(-c3cnc4ccsc4c3)no2)[nH]1. The Morgan fingerprint density at radius 3 is 3.10 bits per heavy atom. The van der Waals surface area contributed by atoms with Crippen molar-refractivity contribution in [2.45, 2.75) is 0 Å². The highest BCUT2D eigenvalue weighted by molar-refractivity contribution is 7.17. The number of aromatic nitrogens is 4. The number of fused-ring (bicyclic) bond motifs is 1. The number of pyridine rings is 1. The van der Waals surface area contributed by atoms with Crippen LogP contribution in [0.5, 0.6) is 0 Å². The predicted octanol–water partition coefficient (Wildman–Crippen LogP) is 3.21. The van der Waals surface area contributed by atoms with Crippen LogP contribution in [0, 0.1) is 11.3 Å². The smallest absolute Gasteiger partial charge is 0.274 e. The Balaban J connectivity index is 1.74. The van der Waals surface area contributed by atoms with Crippen LogP contribution in [-0.2, 0) is 0 Å². The summed E-state index contributed by atoms with van der Waals surface area (Å²) in [4.78, 5) is 11.6. The first-order valence-corrected chi connectivity index (χ1v) is 6.98. The van der Waals surface area contributed by atoms with Crippen LogP contribution >= 0.6 is 11.3 Å². The standard InChI is InChI=1S/C14H7N5OS/c15-6-9-1-2-11(17-9)14-18-13(19-20-14)8-5-12-10(16-7-8)3-4-21-12/h1-5,7,17H. The van der Waals surface area contributed by atoms with E-state index in [1.165, 1.54) is 0 Å². The molecule has 4 aromatic heterocycles. The molecule has 0 aliphatic rings. The third-order valence-corrected chi connectivity index (χ3v) is 3.88. The van der Waals surface area contributed by atoms with Crippen molar-refractivity contribution in [1.29, 1.82) is 5.26 Å². The molecule has 0 radical (unpaired) electrons. The number of hydrogen-bond donors (Lipinski definition) is 1. The molecule has 4 rings (SSSR count). The number of hydrogen-bond acceptors (Lipinski definition) is 6. The second kappa shape index (κ2) is 4.54. The van der Waals surface area contributed by atoms with Crippen LogP contribution in [0.3, 0.4) is 0 Å². The molecule has 4 aromatic rings. The molecule has 6 nitrogen and oxygen atoms in total. The normalized spacial score (nSPS) is 10.8. The van der Waals surface area contributed by atoms with Crippen LogP contribution in [0.25, 0.3) is 33.2 Å². The lowest BCUT2D eigenvalue weighted by molar-refractivity contribution is 0.431. The number of rotatable bonds is 2. The summed E-state index contributed by atoms with van der Waals surface area (Å²) in [7, 11) is 0. The van der Waals surface area contributed by atoms with Gasteiger partial charge in [-0.1, -0.05) is 5.16 Å². The van der Waals surface area contributed by atoms with E-state index in [9.17, 15) is 0 Å². The number of thiophene rings is 1. The summed E-state index contributed by atoms with van der Waals surface area (Å²) >= 11 is 1.61. The van der Waals surface area contributed by atoms with Crippen molar-refractivity contribution in [3.05, 3.63) is 41.5 Å². The summed E-state index contributed by atoms with van der Waals surface area (Å²) in [6.07, 6.45) is 1.72. The lowest BCUT2D eigenvalue weighted by Gasteiger charge is -1.93. The highest BCUT2D eigenvalue weighted by atomic mass is 32.1. The van der Waals surface area contributed by atoms with Gasteiger partial charge in [-0.05, 0) is 29.6 Å². The quantitative estimate of drug-likeness (QED) is 0.612. The van der Waals surface area contributed by atoms with Gasteiger partial charge in [-0.15, -0.1) is 11.3 Å². The molecule has 0 bridgehead atoms. The molecule has 0 aromatic carbocycles. The van der Waals surface area contributed by atoms with Crippen LogP contribution in [0.2, 0.25) is 0 Å². The van der Waals surface area contributed by atoms with Crippen molar-refractivity contribution in [3.63, 3.8) is 0 Å². The van der Waals surface area contributed by atoms with Crippen molar-refractivity contribution in [2.75, 3.05) is 0 Å². The Morgan fingerprint density at radius 2 is 2.24 bits per heavy atom. The lowest BCUT2D eigenvalue weighted by atomic mass is 10.2. The fraction of sp³-hybridized carbons (Fsp3) is 0. The maximum atomic E-state index is 8.81. The number of H-pyrrole nitrogens is 1. The van der Waals surface area contributed by atoms with Gasteiger partial charge in [0.15, 0.2) is 0 Å². The number of nitriles is 1. The largest absolute Gasteiger partial charge is 0.342 e. The van der Waals surface area contributed by atoms with E-state index in [-0.39, 0.29) is 0 Å². The topological polar surface area (TPSA) is 91.4 Å². The second-order valence-electron chi connectivity index (χ2n) is 4.35. The van der Waals surface area contributed by atoms with Gasteiger partial charge in [0.1, 0.15) is 17.5 Å². The van der Waals surface area contributed by atoms with Gasteiger partial charge >= 0.3 is 0 Å². The minimum absolute atomic E-state index is 0.345. The van der Waals surface area contributed by atoms with Gasteiger partial charge in [0.05, 0.1) is 10.2 Å². The summed E-state index contributed by atoms with van der Waals surface area (Å²) in [5.74, 6) is 0.818. The van der Waals surface area contributed by atoms with Crippen molar-refractivity contribution >= 4 is 21.6 Å². The Bertz CT molecular complexity index is 975. The molecule has 0 aliphatic heterocycles. The Morgan fingerprint density at radius 1 is 1.29 bits per heavy atom. The fourth-order valence-electron chi connectivity index (χ4n) is 2.00. The molecule has 21 heavy (non-hydrogen) atoms. The van der Waals surface area contributed by atoms with Crippen molar-refractivity contribution < 1.29 is 4.52 Å². The third kappa shape index (κ3) is 1.98. The molecule has 0 saturated carbocycles. The molecule has 1 N–H and O–H groups in total. The lowest BCUT2D eigenvalue weighted by Crippen LogP contribution is -1.83. The molecule has 0 fully saturated rings. The van der Waals surface area contributed by atoms with Gasteiger partial charge in [0.25, 0.3) is 5.89 Å². The van der Waals surface area contributed by atoms with Gasteiger partial charge in [0, 0.05) is 11.8 Å². The minimum Gasteiger partial charge on any atom is -0.342 e. The summed E-state index contributed by atoms with van der Waals surface area (Å²) < 4.78 is 6.30. The fourth-order valence-corrected chi connectivity index (χ4v) is 2.78. The van der Waals surface area contributed by atoms with E-state index in [0.717, 1.165) is 15.8 Å². The molecule has 100 valence electrons. The van der Waals surface area contributed by atoms with Crippen molar-refractivity contribution in [3.8, 4) is 29.0 Å². The molecule has 0 aliphatic carbocycles. The summed E-state index contributed by atoms with van der Waals surface area (Å²) in [6.45, 7) is 0. The summed E-state index contributed by atoms with van der Waals surface area (Å²) in [5.41, 5.74) is 2.82. The zero-order valence-electron chi connectivity index (χ0n) is 10.6. The van der Waals surface area contributed by atoms with Crippen molar-refractivity contribution in [1.82, 2.24) is 20.1 Å². The number of aromatic amines is 1. The molecule has 0 spiro atoms. The zero-order chi connectivity index (χ0) is 14.2. The van der Waals surface area contributed by atoms with Crippen LogP contribution in [0.4, 0.5) is 0 Å². The monoisotopic (exact) mass is 293 g/mol. The van der Waals surface area contributed by atoms with E-state index in [0.29, 0.717) is 23.1 Å². The first-order valence-electron chi connectivity index (χ1n) is 6.10. The van der Waals surface area contributed by atoms with E-state index < -0.39 is 0 Å². The highest BCUT2D eigenvalue weighted by Crippen LogP contribution is 2.26. The second-order valence-corrected chi connectivity index (χ2v) is 5.30. The van der Waals surface area contributed by atoms with Crippen LogP contribution < -0.4 is 0 Å². The van der Waals surface area contributed by atoms with E-state index >= 15 is 0 Å². The number of nitrogens with one attached hydrogen (secondary N) is 1. The Hall–Kier alpha value is -2.98. The molecule has 0 amide bonds. The molecule has 4 heterocycles. The minimum atomic E-state index is 0.345. The zero-order valence-corrected chi connectivity index (χ0v) is 11.4. The number of nitrogens with zero attached hydrogens (tertiary/aromatic N) is 4. The van der Waals surface area contributed by atoms with Gasteiger partial charge in [-0.3, -0.25) is 4.98 Å². The highest BCUT2D eigenvalue weighted by Gasteiger charge is 2.13. The van der Waals surface area contributed by atoms with Gasteiger partial charge in [-0.25, -0.2) is 0 Å². The van der Waals surface area contributed by atoms with E-state index in [4.69, 9.17) is 9.78 Å². The van der Waals surface area contributed by atoms with Crippen LogP contribution in [-0.4, -0.2) is 20.1 Å². The Labute approximate surface area is 122 Å².